The van der Waals surface area contributed by atoms with Gasteiger partial charge in [-0.25, -0.2) is 0 Å². The first-order chi connectivity index (χ1) is 5.70. The summed E-state index contributed by atoms with van der Waals surface area (Å²) in [5.41, 5.74) is 0. The number of nitrogens with zero attached hydrogens (tertiary/aromatic N) is 1. The van der Waals surface area contributed by atoms with Crippen LogP contribution in [0.1, 0.15) is 35.5 Å². The Morgan fingerprint density at radius 3 is 2.42 bits per heavy atom. The summed E-state index contributed by atoms with van der Waals surface area (Å²) in [5, 5.41) is 0. The molecule has 0 aromatic heterocycles. The average molecular weight is 172 g/mol. The maximum atomic E-state index is 10.9. The van der Waals surface area contributed by atoms with Crippen LogP contribution >= 0.6 is 0 Å². The highest BCUT2D eigenvalue weighted by atomic mass is 16.1. The Morgan fingerprint density at radius 2 is 2.08 bits per heavy atom. The van der Waals surface area contributed by atoms with Gasteiger partial charge in [0.2, 0.25) is 0 Å². The third kappa shape index (κ3) is 3.56. The molecule has 0 saturated carbocycles. The highest BCUT2D eigenvalue weighted by Gasteiger charge is 2.12. The first-order valence-electron chi connectivity index (χ1n) is 4.64. The van der Waals surface area contributed by atoms with E-state index in [1.54, 1.807) is 0 Å². The molecule has 12 heavy (non-hydrogen) atoms. The van der Waals surface area contributed by atoms with Crippen LogP contribution in [0.2, 0.25) is 0 Å². The molecule has 0 aromatic carbocycles. The molecule has 0 bridgehead atoms. The Kier molecular flexibility index (Phi) is 5.43. The van der Waals surface area contributed by atoms with Gasteiger partial charge in [-0.15, -0.1) is 0 Å². The molecule has 2 nitrogen and oxygen atoms in total. The number of hydrogen-bond acceptors (Lipinski definition) is 2. The van der Waals surface area contributed by atoms with Gasteiger partial charge in [-0.1, -0.05) is 19.9 Å². The molecule has 0 N–H and O–H groups in total. The van der Waals surface area contributed by atoms with E-state index in [0.717, 1.165) is 0 Å². The van der Waals surface area contributed by atoms with Gasteiger partial charge in [-0.3, -0.25) is 4.79 Å². The van der Waals surface area contributed by atoms with Crippen molar-refractivity contribution in [1.82, 2.24) is 4.90 Å². The summed E-state index contributed by atoms with van der Waals surface area (Å²) in [6, 6.07) is 0.445. The van der Waals surface area contributed by atoms with Crippen LogP contribution in [0.4, 0.5) is 0 Å². The molecule has 0 aromatic rings. The number of rotatable bonds is 1. The van der Waals surface area contributed by atoms with Gasteiger partial charge < -0.3 is 4.90 Å². The van der Waals surface area contributed by atoms with Crippen LogP contribution in [0.25, 0.3) is 0 Å². The molecule has 1 heterocycles. The molecule has 72 valence electrons. The van der Waals surface area contributed by atoms with Crippen molar-refractivity contribution in [2.24, 2.45) is 0 Å². The fourth-order valence-electron chi connectivity index (χ4n) is 0.995. The van der Waals surface area contributed by atoms with E-state index in [1.165, 1.54) is 0 Å². The van der Waals surface area contributed by atoms with Crippen molar-refractivity contribution < 1.29 is 6.22 Å². The highest BCUT2D eigenvalue weighted by Crippen LogP contribution is 2.05. The van der Waals surface area contributed by atoms with Gasteiger partial charge in [0.15, 0.2) is 5.78 Å². The van der Waals surface area contributed by atoms with E-state index >= 15 is 0 Å². The fourth-order valence-corrected chi connectivity index (χ4v) is 0.995. The van der Waals surface area contributed by atoms with E-state index in [2.05, 4.69) is 13.8 Å². The van der Waals surface area contributed by atoms with Gasteiger partial charge in [-0.05, 0) is 20.0 Å². The van der Waals surface area contributed by atoms with Crippen LogP contribution in [0, 0.1) is 0 Å². The summed E-state index contributed by atoms with van der Waals surface area (Å²) in [5.74, 6) is 0.316. The van der Waals surface area contributed by atoms with E-state index in [1.807, 2.05) is 31.0 Å². The van der Waals surface area contributed by atoms with Gasteiger partial charge >= 0.3 is 0 Å². The minimum atomic E-state index is 0. The van der Waals surface area contributed by atoms with Gasteiger partial charge in [-0.2, -0.15) is 0 Å². The van der Waals surface area contributed by atoms with Crippen LogP contribution in [-0.2, 0) is 4.79 Å². The van der Waals surface area contributed by atoms with Crippen molar-refractivity contribution in [3.8, 4) is 0 Å². The Morgan fingerprint density at radius 1 is 1.50 bits per heavy atom. The van der Waals surface area contributed by atoms with Crippen molar-refractivity contribution in [2.75, 3.05) is 6.54 Å². The second-order valence-corrected chi connectivity index (χ2v) is 2.89. The molecule has 1 aliphatic rings. The van der Waals surface area contributed by atoms with Crippen molar-refractivity contribution in [1.29, 1.82) is 0 Å². The zero-order valence-corrected chi connectivity index (χ0v) is 8.50. The topological polar surface area (TPSA) is 20.3 Å². The lowest BCUT2D eigenvalue weighted by Gasteiger charge is -2.26. The molecule has 0 amide bonds. The number of carbonyl (C=O) groups excluding carboxylic acids is 1. The third-order valence-corrected chi connectivity index (χ3v) is 1.66. The van der Waals surface area contributed by atoms with Gasteiger partial charge in [0.25, 0.3) is 0 Å². The fraction of sp³-hybridized carbons (Fsp3) is 0.700. The Labute approximate surface area is 76.7 Å². The van der Waals surface area contributed by atoms with E-state index < -0.39 is 0 Å². The predicted octanol–water partition coefficient (Wildman–Crippen LogP) is 2.46. The van der Waals surface area contributed by atoms with E-state index in [0.29, 0.717) is 24.8 Å². The Balaban J connectivity index is 0. The summed E-state index contributed by atoms with van der Waals surface area (Å²) in [6.45, 7) is 8.76. The minimum Gasteiger partial charge on any atom is -0.368 e. The Hall–Kier alpha value is -0.790. The second kappa shape index (κ2) is 5.81. The third-order valence-electron chi connectivity index (χ3n) is 1.66. The second-order valence-electron chi connectivity index (χ2n) is 2.89. The summed E-state index contributed by atoms with van der Waals surface area (Å²) >= 11 is 0. The van der Waals surface area contributed by atoms with Crippen LogP contribution in [-0.4, -0.2) is 23.3 Å². The van der Waals surface area contributed by atoms with E-state index in [9.17, 15) is 4.79 Å². The minimum absolute atomic E-state index is 0. The van der Waals surface area contributed by atoms with Crippen molar-refractivity contribution in [2.45, 2.75) is 40.2 Å². The SMILES string of the molecule is CC.CC(C)N1C=CCC(=O)C1.[2HH]. The monoisotopic (exact) mass is 172 g/mol. The number of carbonyl (C=O) groups is 1. The van der Waals surface area contributed by atoms with Gasteiger partial charge in [0.1, 0.15) is 0 Å². The van der Waals surface area contributed by atoms with Gasteiger partial charge in [0, 0.05) is 13.9 Å². The summed E-state index contributed by atoms with van der Waals surface area (Å²) in [7, 11) is 0. The maximum Gasteiger partial charge on any atom is 0.155 e. The molecule has 0 saturated heterocycles. The molecule has 0 unspecified atom stereocenters. The van der Waals surface area contributed by atoms with Gasteiger partial charge in [0.05, 0.1) is 6.54 Å². The predicted molar refractivity (Wildman–Crippen MR) is 54.1 cm³/mol. The number of hydrogen-bond donors (Lipinski definition) is 0. The average Bonchev–Trinajstić information content (AvgIpc) is 2.08. The van der Waals surface area contributed by atoms with Crippen LogP contribution < -0.4 is 0 Å². The first-order valence-corrected chi connectivity index (χ1v) is 4.64. The summed E-state index contributed by atoms with van der Waals surface area (Å²) < 4.78 is 0. The molecule has 0 fully saturated rings. The number of ketones is 1. The van der Waals surface area contributed by atoms with E-state index in [4.69, 9.17) is 0 Å². The molecule has 1 aliphatic heterocycles. The number of allylic oxidation sites excluding steroid dienone is 1. The summed E-state index contributed by atoms with van der Waals surface area (Å²) in [6.07, 6.45) is 4.54. The molecule has 0 aliphatic carbocycles. The van der Waals surface area contributed by atoms with E-state index in [-0.39, 0.29) is 1.43 Å². The zero-order chi connectivity index (χ0) is 9.56. The lowest BCUT2D eigenvalue weighted by molar-refractivity contribution is -0.119. The standard InChI is InChI=1S/C8H13NO.C2H6.H2/c1-7(2)9-5-3-4-8(10)6-9;1-2;/h3,5,7H,4,6H2,1-2H3;1-2H3;1H/i;;1+1. The quantitative estimate of drug-likeness (QED) is 0.605. The molecule has 0 spiro atoms. The smallest absolute Gasteiger partial charge is 0.155 e. The summed E-state index contributed by atoms with van der Waals surface area (Å²) in [4.78, 5) is 12.9. The first kappa shape index (κ1) is 11.2. The maximum absolute atomic E-state index is 10.9. The lowest BCUT2D eigenvalue weighted by Crippen LogP contribution is -2.33. The highest BCUT2D eigenvalue weighted by molar-refractivity contribution is 5.82. The lowest BCUT2D eigenvalue weighted by atomic mass is 10.2. The van der Waals surface area contributed by atoms with Crippen LogP contribution in [0.3, 0.4) is 0 Å². The molecule has 0 radical (unpaired) electrons. The normalized spacial score (nSPS) is 16.1. The molecule has 0 atom stereocenters. The van der Waals surface area contributed by atoms with Crippen molar-refractivity contribution in [3.05, 3.63) is 12.3 Å². The molecular formula is C10H21NO. The van der Waals surface area contributed by atoms with Crippen LogP contribution in [0.15, 0.2) is 12.3 Å². The van der Waals surface area contributed by atoms with Crippen LogP contribution in [0.5, 0.6) is 0 Å². The largest absolute Gasteiger partial charge is 0.368 e. The molecule has 1 rings (SSSR count). The molecular weight excluding hydrogens is 150 g/mol. The molecule has 2 heteroatoms. The zero-order valence-electron chi connectivity index (χ0n) is 8.50. The Bertz CT molecular complexity index is 166. The number of Topliss-reactive ketones (excluding diaryl/α,β-unsaturated/α-hetero) is 1. The van der Waals surface area contributed by atoms with Crippen molar-refractivity contribution in [3.63, 3.8) is 0 Å². The van der Waals surface area contributed by atoms with Crippen molar-refractivity contribution >= 4 is 5.78 Å².